The molecule has 0 unspecified atom stereocenters. The highest BCUT2D eigenvalue weighted by Crippen LogP contribution is 2.34. The van der Waals surface area contributed by atoms with E-state index in [1.54, 1.807) is 18.6 Å². The predicted molar refractivity (Wildman–Crippen MR) is 156 cm³/mol. The summed E-state index contributed by atoms with van der Waals surface area (Å²) in [5.74, 6) is 3.60. The zero-order valence-corrected chi connectivity index (χ0v) is 23.6. The second kappa shape index (κ2) is 13.2. The minimum absolute atomic E-state index is 0.0437. The third kappa shape index (κ3) is 7.69. The van der Waals surface area contributed by atoms with Gasteiger partial charge in [0.15, 0.2) is 11.6 Å². The van der Waals surface area contributed by atoms with Gasteiger partial charge in [-0.15, -0.1) is 0 Å². The van der Waals surface area contributed by atoms with Crippen LogP contribution in [-0.2, 0) is 6.54 Å². The van der Waals surface area contributed by atoms with Crippen LogP contribution >= 0.6 is 0 Å². The third-order valence-corrected chi connectivity index (χ3v) is 8.76. The van der Waals surface area contributed by atoms with Crippen molar-refractivity contribution in [1.29, 1.82) is 0 Å². The van der Waals surface area contributed by atoms with E-state index in [1.807, 2.05) is 12.1 Å². The first-order valence-electron chi connectivity index (χ1n) is 15.2. The zero-order chi connectivity index (χ0) is 27.9. The van der Waals surface area contributed by atoms with Gasteiger partial charge in [-0.05, 0) is 50.7 Å². The van der Waals surface area contributed by atoms with Gasteiger partial charge in [0.05, 0.1) is 13.1 Å². The van der Waals surface area contributed by atoms with E-state index in [-0.39, 0.29) is 24.2 Å². The summed E-state index contributed by atoms with van der Waals surface area (Å²) in [6, 6.07) is 6.46. The first-order chi connectivity index (χ1) is 20.2. The normalized spacial score (nSPS) is 25.0. The van der Waals surface area contributed by atoms with Crippen LogP contribution in [0.5, 0.6) is 0 Å². The number of H-pyrrole nitrogens is 1. The molecule has 41 heavy (non-hydrogen) atoms. The average molecular weight is 561 g/mol. The Morgan fingerprint density at radius 1 is 0.854 bits per heavy atom. The van der Waals surface area contributed by atoms with Crippen LogP contribution < -0.4 is 26.2 Å². The topological polar surface area (TPSA) is 150 Å². The highest BCUT2D eigenvalue weighted by molar-refractivity contribution is 5.74. The largest absolute Gasteiger partial charge is 0.351 e. The van der Waals surface area contributed by atoms with Crippen LogP contribution in [0.15, 0.2) is 36.8 Å². The van der Waals surface area contributed by atoms with Crippen molar-refractivity contribution in [2.24, 2.45) is 0 Å². The van der Waals surface area contributed by atoms with Crippen LogP contribution in [0.4, 0.5) is 22.4 Å². The van der Waals surface area contributed by atoms with Crippen LogP contribution in [0.25, 0.3) is 0 Å². The number of carbonyl (C=O) groups excluding carboxylic acids is 1. The van der Waals surface area contributed by atoms with Gasteiger partial charge in [0.2, 0.25) is 5.95 Å². The molecule has 218 valence electrons. The van der Waals surface area contributed by atoms with E-state index in [0.29, 0.717) is 11.9 Å². The first-order valence-corrected chi connectivity index (χ1v) is 15.2. The summed E-state index contributed by atoms with van der Waals surface area (Å²) < 4.78 is 0. The van der Waals surface area contributed by atoms with Crippen molar-refractivity contribution in [3.8, 4) is 0 Å². The fourth-order valence-corrected chi connectivity index (χ4v) is 6.44. The quantitative estimate of drug-likeness (QED) is 0.234. The maximum absolute atomic E-state index is 12.7. The number of likely N-dealkylation sites (tertiary alicyclic amines) is 1. The van der Waals surface area contributed by atoms with E-state index in [2.05, 4.69) is 57.5 Å². The van der Waals surface area contributed by atoms with Crippen molar-refractivity contribution in [2.75, 3.05) is 23.7 Å². The minimum Gasteiger partial charge on any atom is -0.351 e. The number of rotatable bonds is 9. The molecular weight excluding hydrogens is 518 g/mol. The third-order valence-electron chi connectivity index (χ3n) is 8.76. The molecule has 6 rings (SSSR count). The standard InChI is InChI=1S/C29H41N11O/c41-29(35-23-11-16-40(17-12-23)19-27-30-13-3-14-31-27)34-22-8-6-21(7-9-22)33-28-32-15-10-25(37-28)36-26-18-24(38-39-26)20-4-1-2-5-20/h3,10,13-15,18,20-23H,1-2,4-9,11-12,16-17,19H2,(H2,34,35,41)(H3,32,33,36,37,38,39)/p+1. The van der Waals surface area contributed by atoms with Crippen LogP contribution in [0.1, 0.15) is 81.6 Å². The molecule has 2 saturated carbocycles. The number of hydrogen-bond donors (Lipinski definition) is 6. The van der Waals surface area contributed by atoms with E-state index >= 15 is 0 Å². The lowest BCUT2D eigenvalue weighted by molar-refractivity contribution is -0.919. The van der Waals surface area contributed by atoms with Gasteiger partial charge in [-0.3, -0.25) is 5.10 Å². The summed E-state index contributed by atoms with van der Waals surface area (Å²) in [4.78, 5) is 31.9. The number of anilines is 3. The van der Waals surface area contributed by atoms with Crippen molar-refractivity contribution >= 4 is 23.6 Å². The molecule has 0 aromatic carbocycles. The van der Waals surface area contributed by atoms with Gasteiger partial charge in [0.25, 0.3) is 0 Å². The number of piperidine rings is 1. The SMILES string of the molecule is O=C(NC1CCC(Nc2nccc(Nc3cc(C4CCCC4)[nH]n3)n2)CC1)NC1CC[NH+](Cc2ncccn2)CC1. The smallest absolute Gasteiger partial charge is 0.315 e. The molecule has 3 aromatic heterocycles. The number of hydrogen-bond acceptors (Lipinski definition) is 8. The second-order valence-electron chi connectivity index (χ2n) is 11.8. The van der Waals surface area contributed by atoms with E-state index in [1.165, 1.54) is 36.3 Å². The Kier molecular flexibility index (Phi) is 8.84. The number of amides is 2. The van der Waals surface area contributed by atoms with Crippen molar-refractivity contribution in [1.82, 2.24) is 40.8 Å². The summed E-state index contributed by atoms with van der Waals surface area (Å²) in [6.07, 6.45) is 16.1. The second-order valence-corrected chi connectivity index (χ2v) is 11.8. The molecule has 0 spiro atoms. The summed E-state index contributed by atoms with van der Waals surface area (Å²) in [5.41, 5.74) is 1.21. The Morgan fingerprint density at radius 3 is 2.32 bits per heavy atom. The predicted octanol–water partition coefficient (Wildman–Crippen LogP) is 2.66. The molecule has 12 heteroatoms. The fraction of sp³-hybridized carbons (Fsp3) is 0.586. The number of quaternary nitrogens is 1. The van der Waals surface area contributed by atoms with Crippen molar-refractivity contribution < 1.29 is 9.69 Å². The van der Waals surface area contributed by atoms with E-state index in [9.17, 15) is 4.79 Å². The van der Waals surface area contributed by atoms with Crippen LogP contribution in [0, 0.1) is 0 Å². The van der Waals surface area contributed by atoms with Crippen LogP contribution in [0.2, 0.25) is 0 Å². The molecule has 1 aliphatic heterocycles. The average Bonchev–Trinajstić information content (AvgIpc) is 3.69. The Bertz CT molecular complexity index is 1250. The van der Waals surface area contributed by atoms with Crippen LogP contribution in [0.3, 0.4) is 0 Å². The number of urea groups is 1. The minimum atomic E-state index is -0.0437. The molecule has 2 amide bonds. The highest BCUT2D eigenvalue weighted by atomic mass is 16.2. The summed E-state index contributed by atoms with van der Waals surface area (Å²) in [6.45, 7) is 2.87. The Hall–Kier alpha value is -3.80. The Morgan fingerprint density at radius 2 is 1.56 bits per heavy atom. The van der Waals surface area contributed by atoms with Gasteiger partial charge in [-0.25, -0.2) is 19.7 Å². The molecule has 12 nitrogen and oxygen atoms in total. The maximum atomic E-state index is 12.7. The monoisotopic (exact) mass is 560 g/mol. The van der Waals surface area contributed by atoms with Crippen molar-refractivity contribution in [2.45, 2.75) is 94.8 Å². The number of nitrogens with zero attached hydrogens (tertiary/aromatic N) is 5. The van der Waals surface area contributed by atoms with Gasteiger partial charge in [0, 0.05) is 67.2 Å². The van der Waals surface area contributed by atoms with E-state index in [4.69, 9.17) is 0 Å². The van der Waals surface area contributed by atoms with Crippen LogP contribution in [-0.4, -0.2) is 67.4 Å². The lowest BCUT2D eigenvalue weighted by atomic mass is 9.91. The maximum Gasteiger partial charge on any atom is 0.315 e. The fourth-order valence-electron chi connectivity index (χ4n) is 6.44. The number of carbonyl (C=O) groups is 1. The lowest BCUT2D eigenvalue weighted by Crippen LogP contribution is -3.12. The van der Waals surface area contributed by atoms with Gasteiger partial charge >= 0.3 is 6.03 Å². The number of aromatic amines is 1. The summed E-state index contributed by atoms with van der Waals surface area (Å²) in [7, 11) is 0. The molecule has 3 fully saturated rings. The highest BCUT2D eigenvalue weighted by Gasteiger charge is 2.27. The molecule has 4 heterocycles. The summed E-state index contributed by atoms with van der Waals surface area (Å²) >= 11 is 0. The van der Waals surface area contributed by atoms with Crippen molar-refractivity contribution in [3.63, 3.8) is 0 Å². The van der Waals surface area contributed by atoms with Gasteiger partial charge in [-0.2, -0.15) is 10.1 Å². The molecule has 2 aliphatic carbocycles. The molecular formula is C29H42N11O+. The first kappa shape index (κ1) is 27.4. The van der Waals surface area contributed by atoms with E-state index < -0.39 is 0 Å². The summed E-state index contributed by atoms with van der Waals surface area (Å²) in [5, 5.41) is 20.8. The molecule has 6 N–H and O–H groups in total. The van der Waals surface area contributed by atoms with Crippen molar-refractivity contribution in [3.05, 3.63) is 48.3 Å². The molecule has 3 aromatic rings. The Labute approximate surface area is 240 Å². The van der Waals surface area contributed by atoms with Gasteiger partial charge < -0.3 is 26.2 Å². The van der Waals surface area contributed by atoms with Gasteiger partial charge in [0.1, 0.15) is 12.4 Å². The molecule has 0 radical (unpaired) electrons. The molecule has 3 aliphatic rings. The number of aromatic nitrogens is 6. The number of nitrogens with one attached hydrogen (secondary N) is 6. The van der Waals surface area contributed by atoms with E-state index in [0.717, 1.165) is 75.6 Å². The Balaban J connectivity index is 0.894. The van der Waals surface area contributed by atoms with Gasteiger partial charge in [-0.1, -0.05) is 12.8 Å². The molecule has 0 atom stereocenters. The molecule has 0 bridgehead atoms. The molecule has 1 saturated heterocycles. The zero-order valence-electron chi connectivity index (χ0n) is 23.6. The lowest BCUT2D eigenvalue weighted by Gasteiger charge is -2.32.